The molecule has 2 N–H and O–H groups in total. The van der Waals surface area contributed by atoms with Gasteiger partial charge in [-0.2, -0.15) is 0 Å². The van der Waals surface area contributed by atoms with Gasteiger partial charge in [0.2, 0.25) is 11.8 Å². The van der Waals surface area contributed by atoms with Crippen molar-refractivity contribution >= 4 is 45.7 Å². The zero-order chi connectivity index (χ0) is 60.9. The molecule has 3 aromatic carbocycles. The molecule has 460 valence electrons. The number of piperidine rings is 2. The van der Waals surface area contributed by atoms with Crippen molar-refractivity contribution in [2.75, 3.05) is 32.8 Å². The minimum atomic E-state index is -1.11. The number of aromatic carboxylic acids is 2. The summed E-state index contributed by atoms with van der Waals surface area (Å²) in [6.07, 6.45) is 7.52. The number of ether oxygens (including phenoxy) is 5. The van der Waals surface area contributed by atoms with E-state index in [9.17, 15) is 33.8 Å². The molecule has 4 aliphatic heterocycles. The van der Waals surface area contributed by atoms with E-state index >= 15 is 0 Å². The molecule has 4 saturated heterocycles. The lowest BCUT2D eigenvalue weighted by atomic mass is 9.93. The maximum absolute atomic E-state index is 15.0. The second kappa shape index (κ2) is 24.8. The molecule has 5 aromatic heterocycles. The summed E-state index contributed by atoms with van der Waals surface area (Å²) in [5.41, 5.74) is 6.89. The molecule has 0 amide bonds. The Morgan fingerprint density at radius 2 is 1.22 bits per heavy atom. The van der Waals surface area contributed by atoms with Gasteiger partial charge in [0, 0.05) is 82.5 Å². The van der Waals surface area contributed by atoms with Gasteiger partial charge in [0.25, 0.3) is 0 Å². The first-order valence-electron chi connectivity index (χ1n) is 31.2. The summed E-state index contributed by atoms with van der Waals surface area (Å²) < 4.78 is 50.5. The van der Waals surface area contributed by atoms with E-state index in [1.165, 1.54) is 12.1 Å². The third-order valence-electron chi connectivity index (χ3n) is 18.7. The highest BCUT2D eigenvalue weighted by molar-refractivity contribution is 5.99. The summed E-state index contributed by atoms with van der Waals surface area (Å²) in [7, 11) is 0. The summed E-state index contributed by atoms with van der Waals surface area (Å²) in [6, 6.07) is 30.0. The Morgan fingerprint density at radius 1 is 0.618 bits per heavy atom. The molecule has 14 rings (SSSR count). The average molecular weight is 1210 g/mol. The van der Waals surface area contributed by atoms with Crippen molar-refractivity contribution in [3.63, 3.8) is 0 Å². The highest BCUT2D eigenvalue weighted by Crippen LogP contribution is 2.46. The fourth-order valence-electron chi connectivity index (χ4n) is 13.1. The Morgan fingerprint density at radius 3 is 1.84 bits per heavy atom. The van der Waals surface area contributed by atoms with Gasteiger partial charge in [-0.05, 0) is 139 Å². The number of carboxylic acids is 2. The van der Waals surface area contributed by atoms with Crippen molar-refractivity contribution in [3.8, 4) is 17.5 Å². The Kier molecular flexibility index (Phi) is 16.2. The van der Waals surface area contributed by atoms with Crippen LogP contribution in [0, 0.1) is 17.7 Å². The highest BCUT2D eigenvalue weighted by atomic mass is 19.1. The minimum Gasteiger partial charge on any atom is -0.490 e. The van der Waals surface area contributed by atoms with Gasteiger partial charge >= 0.3 is 11.9 Å². The molecule has 6 fully saturated rings. The monoisotopic (exact) mass is 1210 g/mol. The Labute approximate surface area is 513 Å². The number of rotatable bonds is 24. The van der Waals surface area contributed by atoms with Crippen molar-refractivity contribution in [2.45, 2.75) is 140 Å². The number of benzene rings is 3. The lowest BCUT2D eigenvalue weighted by molar-refractivity contribution is -0.143. The van der Waals surface area contributed by atoms with E-state index in [0.29, 0.717) is 71.5 Å². The number of pyridine rings is 3. The Balaban J connectivity index is 0.571. The number of nitrogens with zero attached hydrogens (tertiary/aromatic N) is 9. The number of aromatic nitrogens is 7. The van der Waals surface area contributed by atoms with E-state index in [1.54, 1.807) is 61.5 Å². The normalized spacial score (nSPS) is 21.5. The molecule has 0 radical (unpaired) electrons. The number of imidazole rings is 2. The van der Waals surface area contributed by atoms with E-state index in [0.717, 1.165) is 130 Å². The molecule has 0 spiro atoms. The molecule has 3 unspecified atom stereocenters. The number of hydrogen-bond donors (Lipinski definition) is 2. The Hall–Kier alpha value is -8.50. The number of halogens is 1. The number of carbonyl (C=O) groups is 4. The van der Waals surface area contributed by atoms with Gasteiger partial charge < -0.3 is 43.0 Å². The first-order chi connectivity index (χ1) is 43.3. The molecule has 2 aliphatic carbocycles. The number of hydrogen-bond acceptors (Lipinski definition) is 16. The van der Waals surface area contributed by atoms with Crippen molar-refractivity contribution in [2.24, 2.45) is 11.8 Å². The lowest BCUT2D eigenvalue weighted by Gasteiger charge is -2.37. The van der Waals surface area contributed by atoms with Crippen molar-refractivity contribution in [1.29, 1.82) is 0 Å². The second-order valence-corrected chi connectivity index (χ2v) is 24.8. The van der Waals surface area contributed by atoms with Gasteiger partial charge in [-0.15, -0.1) is 0 Å². The highest BCUT2D eigenvalue weighted by Gasteiger charge is 2.51. The van der Waals surface area contributed by atoms with E-state index in [-0.39, 0.29) is 84.1 Å². The topological polar surface area (TPSA) is 236 Å². The second-order valence-electron chi connectivity index (χ2n) is 24.8. The quantitative estimate of drug-likeness (QED) is 0.0535. The van der Waals surface area contributed by atoms with Gasteiger partial charge in [0.05, 0.1) is 61.1 Å². The van der Waals surface area contributed by atoms with Gasteiger partial charge in [0.15, 0.2) is 22.9 Å². The first kappa shape index (κ1) is 58.2. The first-order valence-corrected chi connectivity index (χ1v) is 31.2. The minimum absolute atomic E-state index is 0.00216. The Bertz CT molecular complexity index is 4010. The number of carbonyl (C=O) groups excluding carboxylic acids is 2. The van der Waals surface area contributed by atoms with Crippen LogP contribution in [0.15, 0.2) is 103 Å². The van der Waals surface area contributed by atoms with Crippen LogP contribution in [0.1, 0.15) is 152 Å². The standard InChI is InChI=1S/C68H70FN9O11/c1-39(79)43-10-13-47(38-87-64-7-3-5-53(73-64)40-18-23-75(24-19-40)35-61-70-54-15-14-45(67(81)82)29-57(54)77(61)33-48-22-27-85-48)58(30-43)89-60-32-50(60)59-31-49(88-59)34-78-62(71-55-16-17-56(68(83)84)74-66(55)78)36-76-25-20-41(21-26-76)52-4-2-6-63(72-52)86-37-46-12-11-44(28-51(46)69)65(80)42-8-9-42/h2-7,10-17,28-30,40-42,48-50,59-60H,8-9,18-27,31-38H2,1H3,(H,81,82)(H,83,84)/t48-,49-,50?,59?,60?/m0/s1. The van der Waals surface area contributed by atoms with Gasteiger partial charge in [-0.25, -0.2) is 38.9 Å². The molecule has 8 aromatic rings. The SMILES string of the molecule is CC(=O)c1ccc(COc2cccc(C3CCN(Cc4nc5ccc(C(=O)O)cc5n4C[C@@H]4CCO4)CC3)n2)c(OC2CC2C2C[C@@H](Cn3c(CN4CCC(c5cccc(OCc6ccc(C(=O)C7CC7)cc6F)n5)CC4)nc4ccc(C(=O)O)nc43)O2)c1. The predicted octanol–water partition coefficient (Wildman–Crippen LogP) is 10.2. The van der Waals surface area contributed by atoms with Crippen molar-refractivity contribution in [3.05, 3.63) is 165 Å². The zero-order valence-electron chi connectivity index (χ0n) is 49.5. The number of likely N-dealkylation sites (tertiary alicyclic amines) is 2. The summed E-state index contributed by atoms with van der Waals surface area (Å²) in [6.45, 7) is 7.98. The molecule has 6 aliphatic rings. The fraction of sp³-hybridized carbons (Fsp3) is 0.426. The number of Topliss-reactive ketones (excluding diaryl/α,β-unsaturated/α-hetero) is 2. The van der Waals surface area contributed by atoms with Gasteiger partial charge in [-0.1, -0.05) is 36.4 Å². The molecule has 21 heteroatoms. The number of fused-ring (bicyclic) bond motifs is 2. The van der Waals surface area contributed by atoms with Crippen LogP contribution in [-0.2, 0) is 48.9 Å². The number of ketones is 2. The molecule has 2 saturated carbocycles. The van der Waals surface area contributed by atoms with Crippen LogP contribution < -0.4 is 14.2 Å². The van der Waals surface area contributed by atoms with Crippen molar-refractivity contribution in [1.82, 2.24) is 43.9 Å². The van der Waals surface area contributed by atoms with E-state index in [4.69, 9.17) is 43.6 Å². The average Bonchev–Trinajstić information content (AvgIpc) is 1.89. The third kappa shape index (κ3) is 12.9. The van der Waals surface area contributed by atoms with E-state index < -0.39 is 17.8 Å². The van der Waals surface area contributed by atoms with E-state index in [1.807, 2.05) is 34.9 Å². The molecule has 0 bridgehead atoms. The summed E-state index contributed by atoms with van der Waals surface area (Å²) in [4.78, 5) is 78.1. The van der Waals surface area contributed by atoms with E-state index in [2.05, 4.69) is 25.4 Å². The van der Waals surface area contributed by atoms with Crippen LogP contribution >= 0.6 is 0 Å². The maximum Gasteiger partial charge on any atom is 0.354 e. The molecule has 20 nitrogen and oxygen atoms in total. The summed E-state index contributed by atoms with van der Waals surface area (Å²) >= 11 is 0. The summed E-state index contributed by atoms with van der Waals surface area (Å²) in [5.74, 6) is 1.17. The maximum atomic E-state index is 15.0. The largest absolute Gasteiger partial charge is 0.490 e. The van der Waals surface area contributed by atoms with Crippen LogP contribution in [0.4, 0.5) is 4.39 Å². The van der Waals surface area contributed by atoms with Crippen LogP contribution in [0.3, 0.4) is 0 Å². The van der Waals surface area contributed by atoms with Gasteiger partial charge in [0.1, 0.15) is 48.0 Å². The van der Waals surface area contributed by atoms with Crippen LogP contribution in [0.25, 0.3) is 22.2 Å². The molecule has 89 heavy (non-hydrogen) atoms. The molecule has 5 atom stereocenters. The van der Waals surface area contributed by atoms with Crippen molar-refractivity contribution < 1.29 is 57.5 Å². The van der Waals surface area contributed by atoms with Crippen LogP contribution in [0.5, 0.6) is 17.5 Å². The third-order valence-corrected chi connectivity index (χ3v) is 18.7. The summed E-state index contributed by atoms with van der Waals surface area (Å²) in [5, 5.41) is 19.6. The molecular formula is C68H70FN9O11. The van der Waals surface area contributed by atoms with Crippen LogP contribution in [0.2, 0.25) is 0 Å². The molecule has 9 heterocycles. The zero-order valence-corrected chi connectivity index (χ0v) is 49.5. The van der Waals surface area contributed by atoms with Crippen LogP contribution in [-0.4, -0.2) is 135 Å². The lowest BCUT2D eigenvalue weighted by Crippen LogP contribution is -2.43. The fourth-order valence-corrected chi connectivity index (χ4v) is 13.1. The predicted molar refractivity (Wildman–Crippen MR) is 323 cm³/mol. The molecular weight excluding hydrogens is 1140 g/mol. The number of carboxylic acid groups (broad SMARTS) is 2. The smallest absolute Gasteiger partial charge is 0.354 e. The van der Waals surface area contributed by atoms with Gasteiger partial charge in [-0.3, -0.25) is 19.4 Å².